The molecule has 0 aromatic heterocycles. The number of esters is 1. The zero-order valence-corrected chi connectivity index (χ0v) is 12.4. The lowest BCUT2D eigenvalue weighted by atomic mass is 10.1. The van der Waals surface area contributed by atoms with E-state index in [-0.39, 0.29) is 12.8 Å². The van der Waals surface area contributed by atoms with Crippen LogP contribution in [0.3, 0.4) is 0 Å². The molecule has 0 spiro atoms. The molecule has 20 heavy (non-hydrogen) atoms. The van der Waals surface area contributed by atoms with Gasteiger partial charge in [0.1, 0.15) is 0 Å². The number of carbonyl (C=O) groups excluding carboxylic acids is 1. The summed E-state index contributed by atoms with van der Waals surface area (Å²) in [5, 5.41) is 20.3. The predicted molar refractivity (Wildman–Crippen MR) is 78.8 cm³/mol. The number of aliphatic hydroxyl groups excluding tert-OH is 2. The maximum absolute atomic E-state index is 10.9. The molecule has 110 valence electrons. The summed E-state index contributed by atoms with van der Waals surface area (Å²) in [6.07, 6.45) is 1.17. The first kappa shape index (κ1) is 17.0. The fraction of sp³-hybridized carbons (Fsp3) is 0.357. The molecule has 1 aromatic rings. The molecule has 1 rings (SSSR count). The van der Waals surface area contributed by atoms with Crippen molar-refractivity contribution in [2.24, 2.45) is 0 Å². The highest BCUT2D eigenvalue weighted by Crippen LogP contribution is 2.22. The molecule has 0 radical (unpaired) electrons. The molecule has 0 aliphatic rings. The third-order valence-corrected chi connectivity index (χ3v) is 3.17. The van der Waals surface area contributed by atoms with Crippen LogP contribution < -0.4 is 0 Å². The molecule has 1 aromatic carbocycles. The average Bonchev–Trinajstić information content (AvgIpc) is 2.37. The summed E-state index contributed by atoms with van der Waals surface area (Å²) in [4.78, 5) is 10.9. The van der Waals surface area contributed by atoms with E-state index in [9.17, 15) is 15.0 Å². The van der Waals surface area contributed by atoms with Crippen molar-refractivity contribution in [2.45, 2.75) is 25.0 Å². The van der Waals surface area contributed by atoms with Gasteiger partial charge >= 0.3 is 5.97 Å². The molecular formula is C14H16Cl2O4. The molecule has 0 aliphatic heterocycles. The number of carbonyl (C=O) groups is 1. The van der Waals surface area contributed by atoms with Crippen molar-refractivity contribution in [3.8, 4) is 0 Å². The third-order valence-electron chi connectivity index (χ3n) is 2.60. The molecule has 0 heterocycles. The molecule has 2 atom stereocenters. The van der Waals surface area contributed by atoms with Crippen molar-refractivity contribution in [1.29, 1.82) is 0 Å². The average molecular weight is 319 g/mol. The van der Waals surface area contributed by atoms with Gasteiger partial charge < -0.3 is 14.9 Å². The lowest BCUT2D eigenvalue weighted by Gasteiger charge is -2.11. The molecule has 2 unspecified atom stereocenters. The van der Waals surface area contributed by atoms with E-state index in [1.54, 1.807) is 24.3 Å². The Hall–Kier alpha value is -1.07. The summed E-state index contributed by atoms with van der Waals surface area (Å²) in [6, 6.07) is 5.01. The zero-order valence-electron chi connectivity index (χ0n) is 10.9. The van der Waals surface area contributed by atoms with Crippen LogP contribution in [0.2, 0.25) is 10.0 Å². The van der Waals surface area contributed by atoms with Gasteiger partial charge in [-0.25, -0.2) is 0 Å². The summed E-state index contributed by atoms with van der Waals surface area (Å²) in [6.45, 7) is 0. The van der Waals surface area contributed by atoms with Crippen molar-refractivity contribution in [2.75, 3.05) is 7.11 Å². The Morgan fingerprint density at radius 1 is 1.40 bits per heavy atom. The van der Waals surface area contributed by atoms with Gasteiger partial charge in [0.2, 0.25) is 0 Å². The Morgan fingerprint density at radius 2 is 2.10 bits per heavy atom. The fourth-order valence-corrected chi connectivity index (χ4v) is 2.04. The van der Waals surface area contributed by atoms with Gasteiger partial charge in [0.05, 0.1) is 25.7 Å². The summed E-state index contributed by atoms with van der Waals surface area (Å²) in [7, 11) is 1.24. The minimum Gasteiger partial charge on any atom is -0.469 e. The van der Waals surface area contributed by atoms with E-state index in [4.69, 9.17) is 23.2 Å². The SMILES string of the molecule is COC(=O)CC(O)CC(O)/C=C/c1ccc(Cl)cc1Cl. The highest BCUT2D eigenvalue weighted by molar-refractivity contribution is 6.35. The van der Waals surface area contributed by atoms with Crippen molar-refractivity contribution in [1.82, 2.24) is 0 Å². The second kappa shape index (κ2) is 8.27. The normalized spacial score (nSPS) is 14.2. The Labute approximate surface area is 127 Å². The molecular weight excluding hydrogens is 303 g/mol. The number of ether oxygens (including phenoxy) is 1. The van der Waals surface area contributed by atoms with Crippen LogP contribution >= 0.6 is 23.2 Å². The van der Waals surface area contributed by atoms with Gasteiger partial charge in [-0.15, -0.1) is 0 Å². The minimum atomic E-state index is -0.956. The number of hydrogen-bond acceptors (Lipinski definition) is 4. The number of aliphatic hydroxyl groups is 2. The standard InChI is InChI=1S/C14H16Cl2O4/c1-20-14(19)8-12(18)7-11(17)5-3-9-2-4-10(15)6-13(9)16/h2-6,11-12,17-18H,7-8H2,1H3/b5-3+. The van der Waals surface area contributed by atoms with Crippen molar-refractivity contribution >= 4 is 35.2 Å². The molecule has 4 nitrogen and oxygen atoms in total. The van der Waals surface area contributed by atoms with Gasteiger partial charge in [0.25, 0.3) is 0 Å². The monoisotopic (exact) mass is 318 g/mol. The van der Waals surface area contributed by atoms with Crippen LogP contribution in [-0.2, 0) is 9.53 Å². The maximum atomic E-state index is 10.9. The van der Waals surface area contributed by atoms with Gasteiger partial charge in [-0.2, -0.15) is 0 Å². The number of rotatable bonds is 6. The van der Waals surface area contributed by atoms with E-state index in [1.807, 2.05) is 0 Å². The number of halogens is 2. The summed E-state index contributed by atoms with van der Waals surface area (Å²) >= 11 is 11.8. The van der Waals surface area contributed by atoms with Gasteiger partial charge in [-0.05, 0) is 17.7 Å². The van der Waals surface area contributed by atoms with Gasteiger partial charge in [-0.3, -0.25) is 4.79 Å². The van der Waals surface area contributed by atoms with Crippen LogP contribution in [0.1, 0.15) is 18.4 Å². The number of methoxy groups -OCH3 is 1. The first-order chi connectivity index (χ1) is 9.42. The summed E-state index contributed by atoms with van der Waals surface area (Å²) < 4.78 is 4.43. The largest absolute Gasteiger partial charge is 0.469 e. The second-order valence-electron chi connectivity index (χ2n) is 4.26. The quantitative estimate of drug-likeness (QED) is 0.791. The Morgan fingerprint density at radius 3 is 2.70 bits per heavy atom. The van der Waals surface area contributed by atoms with E-state index < -0.39 is 18.2 Å². The summed E-state index contributed by atoms with van der Waals surface area (Å²) in [5.41, 5.74) is 0.706. The first-order valence-electron chi connectivity index (χ1n) is 5.98. The van der Waals surface area contributed by atoms with E-state index in [0.717, 1.165) is 0 Å². The molecule has 2 N–H and O–H groups in total. The minimum absolute atomic E-state index is 0.0385. The van der Waals surface area contributed by atoms with Gasteiger partial charge in [0.15, 0.2) is 0 Å². The van der Waals surface area contributed by atoms with Gasteiger partial charge in [0, 0.05) is 16.5 Å². The van der Waals surface area contributed by atoms with Crippen molar-refractivity contribution in [3.63, 3.8) is 0 Å². The number of benzene rings is 1. The summed E-state index contributed by atoms with van der Waals surface area (Å²) in [5.74, 6) is -0.519. The van der Waals surface area contributed by atoms with Crippen LogP contribution in [0.15, 0.2) is 24.3 Å². The highest BCUT2D eigenvalue weighted by Gasteiger charge is 2.14. The smallest absolute Gasteiger partial charge is 0.308 e. The predicted octanol–water partition coefficient (Wildman–Crippen LogP) is 2.68. The lowest BCUT2D eigenvalue weighted by molar-refractivity contribution is -0.143. The number of hydrogen-bond donors (Lipinski definition) is 2. The molecule has 0 bridgehead atoms. The second-order valence-corrected chi connectivity index (χ2v) is 5.11. The molecule has 0 fully saturated rings. The first-order valence-corrected chi connectivity index (χ1v) is 6.74. The van der Waals surface area contributed by atoms with Crippen LogP contribution in [0, 0.1) is 0 Å². The van der Waals surface area contributed by atoms with E-state index in [1.165, 1.54) is 13.2 Å². The van der Waals surface area contributed by atoms with Gasteiger partial charge in [-0.1, -0.05) is 41.4 Å². The highest BCUT2D eigenvalue weighted by atomic mass is 35.5. The van der Waals surface area contributed by atoms with Crippen molar-refractivity contribution < 1.29 is 19.7 Å². The third kappa shape index (κ3) is 5.92. The van der Waals surface area contributed by atoms with Crippen LogP contribution in [0.4, 0.5) is 0 Å². The van der Waals surface area contributed by atoms with Crippen LogP contribution in [0.5, 0.6) is 0 Å². The Balaban J connectivity index is 2.54. The topological polar surface area (TPSA) is 66.8 Å². The Kier molecular flexibility index (Phi) is 7.02. The molecule has 0 saturated carbocycles. The lowest BCUT2D eigenvalue weighted by Crippen LogP contribution is -2.20. The molecule has 0 aliphatic carbocycles. The molecule has 0 saturated heterocycles. The fourth-order valence-electron chi connectivity index (χ4n) is 1.57. The molecule has 0 amide bonds. The zero-order chi connectivity index (χ0) is 15.1. The van der Waals surface area contributed by atoms with E-state index >= 15 is 0 Å². The van der Waals surface area contributed by atoms with Crippen LogP contribution in [0.25, 0.3) is 6.08 Å². The van der Waals surface area contributed by atoms with E-state index in [2.05, 4.69) is 4.74 Å². The van der Waals surface area contributed by atoms with E-state index in [0.29, 0.717) is 15.6 Å². The molecule has 6 heteroatoms. The van der Waals surface area contributed by atoms with Crippen molar-refractivity contribution in [3.05, 3.63) is 39.9 Å². The Bertz CT molecular complexity index is 488. The maximum Gasteiger partial charge on any atom is 0.308 e. The van der Waals surface area contributed by atoms with Crippen LogP contribution in [-0.4, -0.2) is 35.5 Å².